The van der Waals surface area contributed by atoms with Crippen molar-refractivity contribution >= 4 is 34.5 Å². The van der Waals surface area contributed by atoms with Crippen molar-refractivity contribution in [2.24, 2.45) is 24.8 Å². The van der Waals surface area contributed by atoms with Crippen LogP contribution < -0.4 is 15.1 Å². The number of halogens is 2. The van der Waals surface area contributed by atoms with Crippen LogP contribution in [0.25, 0.3) is 27.7 Å². The van der Waals surface area contributed by atoms with Gasteiger partial charge in [0.15, 0.2) is 11.5 Å². The van der Waals surface area contributed by atoms with E-state index in [1.165, 1.54) is 0 Å². The third-order valence-corrected chi connectivity index (χ3v) is 13.9. The summed E-state index contributed by atoms with van der Waals surface area (Å²) in [6.45, 7) is 5.03. The van der Waals surface area contributed by atoms with Gasteiger partial charge in [-0.25, -0.2) is 18.3 Å². The molecule has 0 radical (unpaired) electrons. The molecule has 304 valence electrons. The lowest BCUT2D eigenvalue weighted by atomic mass is 9.85. The van der Waals surface area contributed by atoms with Crippen LogP contribution in [0, 0.1) is 17.8 Å². The van der Waals surface area contributed by atoms with Gasteiger partial charge in [-0.15, -0.1) is 0 Å². The summed E-state index contributed by atoms with van der Waals surface area (Å²) in [7, 11) is 1.88. The summed E-state index contributed by atoms with van der Waals surface area (Å²) in [5, 5.41) is 21.8. The van der Waals surface area contributed by atoms with E-state index < -0.39 is 12.5 Å². The van der Waals surface area contributed by atoms with Gasteiger partial charge in [0.25, 0.3) is 6.43 Å². The Morgan fingerprint density at radius 2 is 1.74 bits per heavy atom. The van der Waals surface area contributed by atoms with Crippen molar-refractivity contribution in [2.45, 2.75) is 82.0 Å². The number of nitrogens with zero attached hydrogens (tertiary/aromatic N) is 11. The molecule has 3 amide bonds. The van der Waals surface area contributed by atoms with E-state index in [0.29, 0.717) is 48.5 Å². The molecule has 4 aliphatic heterocycles. The predicted molar refractivity (Wildman–Crippen MR) is 210 cm³/mol. The highest BCUT2D eigenvalue weighted by Crippen LogP contribution is 2.45. The fourth-order valence-electron chi connectivity index (χ4n) is 11.2. The van der Waals surface area contributed by atoms with E-state index in [4.69, 9.17) is 14.9 Å². The van der Waals surface area contributed by atoms with E-state index in [1.54, 1.807) is 26.7 Å². The number of alkyl halides is 2. The van der Waals surface area contributed by atoms with Crippen molar-refractivity contribution < 1.29 is 23.1 Å². The van der Waals surface area contributed by atoms with Gasteiger partial charge in [0.2, 0.25) is 5.91 Å². The molecule has 4 atom stereocenters. The van der Waals surface area contributed by atoms with E-state index in [2.05, 4.69) is 42.3 Å². The van der Waals surface area contributed by atoms with E-state index in [-0.39, 0.29) is 36.2 Å². The number of hydrogen-bond acceptors (Lipinski definition) is 9. The average molecular weight is 795 g/mol. The highest BCUT2D eigenvalue weighted by Gasteiger charge is 2.43. The maximum Gasteiger partial charge on any atom is 0.329 e. The van der Waals surface area contributed by atoms with Crippen LogP contribution in [0.3, 0.4) is 0 Å². The first kappa shape index (κ1) is 36.0. The maximum atomic E-state index is 14.4. The SMILES string of the molecule is Cn1nc(N2CCC(=O)NC2=O)c2cccc(-c3cnn(C4CC5CN(CC6CCC(n7cc(-n8nccc8N8C[C@H]9C[C@@H]8CO9)c(C(F)F)n7)CC6)CC5C4)c3)c21. The number of aryl methyl sites for hydroxylation is 1. The number of urea groups is 1. The number of rotatable bonds is 9. The fraction of sp³-hybridized carbons (Fsp3) is 0.561. The van der Waals surface area contributed by atoms with Gasteiger partial charge in [0, 0.05) is 75.0 Å². The van der Waals surface area contributed by atoms with Crippen molar-refractivity contribution in [2.75, 3.05) is 49.1 Å². The lowest BCUT2D eigenvalue weighted by molar-refractivity contribution is -0.120. The minimum atomic E-state index is -2.69. The zero-order valence-corrected chi connectivity index (χ0v) is 32.5. The lowest BCUT2D eigenvalue weighted by Gasteiger charge is -2.31. The molecule has 8 heterocycles. The van der Waals surface area contributed by atoms with Crippen LogP contribution in [0.15, 0.2) is 49.1 Å². The molecule has 2 unspecified atom stereocenters. The number of carbonyl (C=O) groups excluding carboxylic acids is 2. The van der Waals surface area contributed by atoms with Gasteiger partial charge in [-0.05, 0) is 68.8 Å². The Bertz CT molecular complexity index is 2360. The van der Waals surface area contributed by atoms with Gasteiger partial charge < -0.3 is 14.5 Å². The number of likely N-dealkylation sites (tertiary alicyclic amines) is 1. The summed E-state index contributed by atoms with van der Waals surface area (Å²) in [5.74, 6) is 2.99. The molecule has 5 aromatic rings. The molecule has 1 N–H and O–H groups in total. The van der Waals surface area contributed by atoms with E-state index in [0.717, 1.165) is 99.0 Å². The summed E-state index contributed by atoms with van der Waals surface area (Å²) >= 11 is 0. The standard InChI is InChI=1S/C41H48F2N12O3/c1-49-38-32(3-2-4-33(38)40(48-49)51-12-10-35(56)46-41(51)57)27-16-45-53(20-27)29-13-25-18-50(19-26(25)14-29)17-24-5-7-28(8-6-24)54-22-34(37(47-54)39(42)43)55-36(9-11-44-55)52-21-31-15-30(52)23-58-31/h2-4,9,11,16,20,22,24-26,28-31,39H,5-8,10,12-15,17-19,21,23H2,1H3,(H,46,56,57)/t24?,25?,26?,28?,29?,30-,31-/m1/s1. The lowest BCUT2D eigenvalue weighted by Crippen LogP contribution is -2.49. The summed E-state index contributed by atoms with van der Waals surface area (Å²) in [6, 6.07) is 8.20. The molecule has 11 rings (SSSR count). The van der Waals surface area contributed by atoms with Crippen molar-refractivity contribution in [3.8, 4) is 16.8 Å². The summed E-state index contributed by atoms with van der Waals surface area (Å²) in [4.78, 5) is 30.8. The Labute approximate surface area is 333 Å². The van der Waals surface area contributed by atoms with Crippen molar-refractivity contribution in [1.82, 2.24) is 49.3 Å². The van der Waals surface area contributed by atoms with E-state index >= 15 is 0 Å². The van der Waals surface area contributed by atoms with Gasteiger partial charge in [-0.2, -0.15) is 20.4 Å². The van der Waals surface area contributed by atoms with Gasteiger partial charge in [-0.1, -0.05) is 12.1 Å². The molecule has 6 fully saturated rings. The zero-order chi connectivity index (χ0) is 39.2. The molecule has 58 heavy (non-hydrogen) atoms. The van der Waals surface area contributed by atoms with Crippen LogP contribution >= 0.6 is 0 Å². The van der Waals surface area contributed by atoms with E-state index in [1.807, 2.05) is 36.1 Å². The Hall–Kier alpha value is -5.16. The number of aromatic nitrogens is 8. The number of anilines is 2. The molecule has 4 aromatic heterocycles. The normalized spacial score (nSPS) is 28.8. The number of para-hydroxylation sites is 1. The number of amides is 3. The average Bonchev–Trinajstić information content (AvgIpc) is 4.06. The molecule has 17 heteroatoms. The molecule has 15 nitrogen and oxygen atoms in total. The number of imide groups is 1. The van der Waals surface area contributed by atoms with Gasteiger partial charge in [0.05, 0.1) is 54.9 Å². The number of benzene rings is 1. The third kappa shape index (κ3) is 6.10. The first-order chi connectivity index (χ1) is 28.2. The van der Waals surface area contributed by atoms with Crippen LogP contribution in [0.5, 0.6) is 0 Å². The number of carbonyl (C=O) groups is 2. The van der Waals surface area contributed by atoms with Gasteiger partial charge in [-0.3, -0.25) is 29.1 Å². The molecule has 2 bridgehead atoms. The van der Waals surface area contributed by atoms with Crippen LogP contribution in [0.2, 0.25) is 0 Å². The highest BCUT2D eigenvalue weighted by atomic mass is 19.3. The molecular weight excluding hydrogens is 747 g/mol. The number of nitrogens with one attached hydrogen (secondary N) is 1. The van der Waals surface area contributed by atoms with Crippen LogP contribution in [-0.4, -0.2) is 107 Å². The van der Waals surface area contributed by atoms with Crippen molar-refractivity contribution in [3.63, 3.8) is 0 Å². The first-order valence-electron chi connectivity index (χ1n) is 20.9. The quantitative estimate of drug-likeness (QED) is 0.205. The fourth-order valence-corrected chi connectivity index (χ4v) is 11.2. The van der Waals surface area contributed by atoms with Gasteiger partial charge >= 0.3 is 6.03 Å². The second-order valence-electron chi connectivity index (χ2n) is 17.4. The molecule has 1 aromatic carbocycles. The summed E-state index contributed by atoms with van der Waals surface area (Å²) in [5.41, 5.74) is 3.11. The number of morpholine rings is 1. The second kappa shape index (κ2) is 14.0. The monoisotopic (exact) mass is 794 g/mol. The molecule has 2 saturated carbocycles. The Balaban J connectivity index is 0.705. The molecule has 6 aliphatic rings. The summed E-state index contributed by atoms with van der Waals surface area (Å²) < 4.78 is 42.0. The topological polar surface area (TPSA) is 136 Å². The smallest absolute Gasteiger partial charge is 0.329 e. The molecular formula is C41H48F2N12O3. The number of fused-ring (bicyclic) bond motifs is 4. The van der Waals surface area contributed by atoms with Crippen molar-refractivity contribution in [1.29, 1.82) is 0 Å². The molecule has 4 saturated heterocycles. The minimum absolute atomic E-state index is 0.102. The minimum Gasteiger partial charge on any atom is -0.374 e. The third-order valence-electron chi connectivity index (χ3n) is 13.9. The van der Waals surface area contributed by atoms with Crippen LogP contribution in [-0.2, 0) is 16.6 Å². The van der Waals surface area contributed by atoms with Gasteiger partial charge in [0.1, 0.15) is 11.5 Å². The second-order valence-corrected chi connectivity index (χ2v) is 17.4. The predicted octanol–water partition coefficient (Wildman–Crippen LogP) is 5.49. The largest absolute Gasteiger partial charge is 0.374 e. The van der Waals surface area contributed by atoms with Crippen molar-refractivity contribution in [3.05, 3.63) is 54.7 Å². The number of hydrogen-bond donors (Lipinski definition) is 1. The maximum absolute atomic E-state index is 14.4. The van der Waals surface area contributed by atoms with Crippen LogP contribution in [0.4, 0.5) is 25.2 Å². The molecule has 0 spiro atoms. The Morgan fingerprint density at radius 3 is 2.48 bits per heavy atom. The Morgan fingerprint density at radius 1 is 0.914 bits per heavy atom. The Kier molecular flexibility index (Phi) is 8.68. The summed E-state index contributed by atoms with van der Waals surface area (Å²) in [6.07, 6.45) is 12.5. The highest BCUT2D eigenvalue weighted by molar-refractivity contribution is 6.10. The molecule has 2 aliphatic carbocycles. The van der Waals surface area contributed by atoms with E-state index in [9.17, 15) is 18.4 Å². The first-order valence-corrected chi connectivity index (χ1v) is 20.9. The number of ether oxygens (including phenoxy) is 1. The zero-order valence-electron chi connectivity index (χ0n) is 32.5. The van der Waals surface area contributed by atoms with Crippen LogP contribution in [0.1, 0.15) is 75.6 Å².